The molecule has 0 aromatic carbocycles. The molecule has 0 unspecified atom stereocenters. The average Bonchev–Trinajstić information content (AvgIpc) is 2.28. The first-order valence-electron chi connectivity index (χ1n) is 5.67. The van der Waals surface area contributed by atoms with Crippen molar-refractivity contribution in [2.45, 2.75) is 60.3 Å². The van der Waals surface area contributed by atoms with Crippen LogP contribution in [0.3, 0.4) is 0 Å². The van der Waals surface area contributed by atoms with Gasteiger partial charge in [-0.25, -0.2) is 0 Å². The van der Waals surface area contributed by atoms with Gasteiger partial charge >= 0.3 is 0 Å². The molecule has 0 aliphatic rings. The van der Waals surface area contributed by atoms with Crippen LogP contribution >= 0.6 is 0 Å². The molecule has 15 heavy (non-hydrogen) atoms. The van der Waals surface area contributed by atoms with Crippen LogP contribution in [0.1, 0.15) is 60.3 Å². The molecule has 0 aromatic rings. The van der Waals surface area contributed by atoms with Crippen molar-refractivity contribution < 1.29 is 14.7 Å². The molecular weight excluding hydrogens is 192 g/mol. The number of ketones is 2. The molecule has 92 valence electrons. The zero-order valence-electron chi connectivity index (χ0n) is 10.8. The predicted molar refractivity (Wildman–Crippen MR) is 63.9 cm³/mol. The van der Waals surface area contributed by atoms with Crippen LogP contribution in [0, 0.1) is 0 Å². The lowest BCUT2D eigenvalue weighted by Crippen LogP contribution is -1.88. The van der Waals surface area contributed by atoms with Gasteiger partial charge in [-0.3, -0.25) is 9.59 Å². The Morgan fingerprint density at radius 1 is 0.733 bits per heavy atom. The second-order valence-electron chi connectivity index (χ2n) is 2.81. The fourth-order valence-electron chi connectivity index (χ4n) is 0.500. The molecule has 0 amide bonds. The summed E-state index contributed by atoms with van der Waals surface area (Å²) >= 11 is 0. The Morgan fingerprint density at radius 3 is 0.867 bits per heavy atom. The number of hydrogen-bond acceptors (Lipinski definition) is 3. The third-order valence-corrected chi connectivity index (χ3v) is 1.58. The van der Waals surface area contributed by atoms with Gasteiger partial charge in [0, 0.05) is 32.3 Å². The van der Waals surface area contributed by atoms with Crippen molar-refractivity contribution in [3.05, 3.63) is 0 Å². The zero-order chi connectivity index (χ0) is 12.7. The molecule has 0 saturated heterocycles. The number of aliphatic hydroxyl groups is 1. The van der Waals surface area contributed by atoms with Gasteiger partial charge in [0.15, 0.2) is 0 Å². The van der Waals surface area contributed by atoms with E-state index < -0.39 is 0 Å². The maximum Gasteiger partial charge on any atom is 0.132 e. The topological polar surface area (TPSA) is 54.4 Å². The first kappa shape index (κ1) is 19.8. The lowest BCUT2D eigenvalue weighted by molar-refractivity contribution is -0.119. The number of aliphatic hydroxyl groups excluding tert-OH is 1. The third-order valence-electron chi connectivity index (χ3n) is 1.58. The number of carbonyl (C=O) groups excluding carboxylic acids is 2. The molecule has 3 nitrogen and oxygen atoms in total. The molecule has 0 bridgehead atoms. The molecule has 0 saturated carbocycles. The number of carbonyl (C=O) groups is 2. The predicted octanol–water partition coefficient (Wildman–Crippen LogP) is 2.75. The highest BCUT2D eigenvalue weighted by Crippen LogP contribution is 1.83. The van der Waals surface area contributed by atoms with Gasteiger partial charge in [-0.2, -0.15) is 0 Å². The minimum Gasteiger partial charge on any atom is -0.397 e. The van der Waals surface area contributed by atoms with Crippen LogP contribution in [0.15, 0.2) is 0 Å². The van der Waals surface area contributed by atoms with Crippen molar-refractivity contribution in [3.8, 4) is 0 Å². The Balaban J connectivity index is -0.000000153. The van der Waals surface area contributed by atoms with Crippen LogP contribution in [0.25, 0.3) is 0 Å². The fourth-order valence-corrected chi connectivity index (χ4v) is 0.500. The van der Waals surface area contributed by atoms with E-state index >= 15 is 0 Å². The Labute approximate surface area is 93.9 Å². The highest BCUT2D eigenvalue weighted by molar-refractivity contribution is 5.77. The van der Waals surface area contributed by atoms with Crippen molar-refractivity contribution in [2.75, 3.05) is 6.61 Å². The molecule has 0 aromatic heterocycles. The van der Waals surface area contributed by atoms with E-state index in [4.69, 9.17) is 5.11 Å². The molecule has 1 N–H and O–H groups in total. The standard InChI is InChI=1S/2C5H10O.C2H6O/c2*1-3-5(6)4-2;1-2-3/h2*3-4H2,1-2H3;3H,2H2,1H3. The van der Waals surface area contributed by atoms with Crippen molar-refractivity contribution in [1.82, 2.24) is 0 Å². The van der Waals surface area contributed by atoms with Gasteiger partial charge in [0.1, 0.15) is 11.6 Å². The lowest BCUT2D eigenvalue weighted by Gasteiger charge is -1.81. The molecular formula is C12H26O3. The second-order valence-corrected chi connectivity index (χ2v) is 2.81. The smallest absolute Gasteiger partial charge is 0.132 e. The van der Waals surface area contributed by atoms with Gasteiger partial charge in [0.25, 0.3) is 0 Å². The van der Waals surface area contributed by atoms with E-state index in [1.165, 1.54) is 0 Å². The Hall–Kier alpha value is -0.700. The molecule has 0 aliphatic carbocycles. The van der Waals surface area contributed by atoms with Gasteiger partial charge in [-0.1, -0.05) is 27.7 Å². The maximum absolute atomic E-state index is 10.2. The monoisotopic (exact) mass is 218 g/mol. The molecule has 0 aliphatic heterocycles. The van der Waals surface area contributed by atoms with Gasteiger partial charge in [-0.15, -0.1) is 0 Å². The summed E-state index contributed by atoms with van der Waals surface area (Å²) in [4.78, 5) is 20.4. The summed E-state index contributed by atoms with van der Waals surface area (Å²) in [5.41, 5.74) is 0. The first-order chi connectivity index (χ1) is 7.03. The van der Waals surface area contributed by atoms with Crippen molar-refractivity contribution in [1.29, 1.82) is 0 Å². The number of rotatable bonds is 4. The summed E-state index contributed by atoms with van der Waals surface area (Å²) in [5, 5.41) is 7.57. The fraction of sp³-hybridized carbons (Fsp3) is 0.833. The zero-order valence-corrected chi connectivity index (χ0v) is 10.8. The van der Waals surface area contributed by atoms with Crippen LogP contribution in [-0.4, -0.2) is 23.3 Å². The number of Topliss-reactive ketones (excluding diaryl/α,β-unsaturated/α-hetero) is 2. The maximum atomic E-state index is 10.2. The number of hydrogen-bond donors (Lipinski definition) is 1. The molecule has 0 radical (unpaired) electrons. The SMILES string of the molecule is CCC(=O)CC.CCC(=O)CC.CCO. The third kappa shape index (κ3) is 31.9. The van der Waals surface area contributed by atoms with E-state index in [1.807, 2.05) is 27.7 Å². The van der Waals surface area contributed by atoms with Gasteiger partial charge in [-0.05, 0) is 6.92 Å². The second kappa shape index (κ2) is 19.0. The normalized spacial score (nSPS) is 7.87. The van der Waals surface area contributed by atoms with E-state index in [2.05, 4.69) is 0 Å². The Kier molecular flexibility index (Phi) is 25.0. The van der Waals surface area contributed by atoms with Crippen LogP contribution in [0.2, 0.25) is 0 Å². The quantitative estimate of drug-likeness (QED) is 0.789. The van der Waals surface area contributed by atoms with Crippen LogP contribution < -0.4 is 0 Å². The molecule has 0 rings (SSSR count). The summed E-state index contributed by atoms with van der Waals surface area (Å²) in [6, 6.07) is 0. The Morgan fingerprint density at radius 2 is 0.867 bits per heavy atom. The summed E-state index contributed by atoms with van der Waals surface area (Å²) in [7, 11) is 0. The summed E-state index contributed by atoms with van der Waals surface area (Å²) in [5.74, 6) is 0.685. The molecule has 0 heterocycles. The van der Waals surface area contributed by atoms with E-state index in [-0.39, 0.29) is 6.61 Å². The minimum absolute atomic E-state index is 0.250. The van der Waals surface area contributed by atoms with Crippen molar-refractivity contribution in [2.24, 2.45) is 0 Å². The highest BCUT2D eigenvalue weighted by Gasteiger charge is 1.87. The average molecular weight is 218 g/mol. The van der Waals surface area contributed by atoms with E-state index in [0.29, 0.717) is 37.2 Å². The van der Waals surface area contributed by atoms with E-state index in [9.17, 15) is 9.59 Å². The summed E-state index contributed by atoms with van der Waals surface area (Å²) in [6.07, 6.45) is 2.76. The van der Waals surface area contributed by atoms with Gasteiger partial charge < -0.3 is 5.11 Å². The van der Waals surface area contributed by atoms with E-state index in [0.717, 1.165) is 0 Å². The van der Waals surface area contributed by atoms with Crippen LogP contribution in [0.4, 0.5) is 0 Å². The lowest BCUT2D eigenvalue weighted by atomic mass is 10.3. The van der Waals surface area contributed by atoms with E-state index in [1.54, 1.807) is 6.92 Å². The van der Waals surface area contributed by atoms with Crippen molar-refractivity contribution in [3.63, 3.8) is 0 Å². The molecule has 0 spiro atoms. The largest absolute Gasteiger partial charge is 0.397 e. The van der Waals surface area contributed by atoms with Gasteiger partial charge in [0.2, 0.25) is 0 Å². The van der Waals surface area contributed by atoms with Crippen LogP contribution in [0.5, 0.6) is 0 Å². The first-order valence-corrected chi connectivity index (χ1v) is 5.67. The molecule has 0 fully saturated rings. The molecule has 0 atom stereocenters. The van der Waals surface area contributed by atoms with Crippen LogP contribution in [-0.2, 0) is 9.59 Å². The molecule has 3 heteroatoms. The summed E-state index contributed by atoms with van der Waals surface area (Å²) < 4.78 is 0. The summed E-state index contributed by atoms with van der Waals surface area (Å²) in [6.45, 7) is 9.45. The Bertz CT molecular complexity index is 114. The van der Waals surface area contributed by atoms with Gasteiger partial charge in [0.05, 0.1) is 0 Å². The minimum atomic E-state index is 0.250. The highest BCUT2D eigenvalue weighted by atomic mass is 16.2. The van der Waals surface area contributed by atoms with Crippen molar-refractivity contribution >= 4 is 11.6 Å².